The van der Waals surface area contributed by atoms with Crippen molar-refractivity contribution >= 4 is 31.8 Å². The lowest BCUT2D eigenvalue weighted by Gasteiger charge is -2.19. The van der Waals surface area contributed by atoms with E-state index >= 15 is 0 Å². The minimum absolute atomic E-state index is 0.0994. The van der Waals surface area contributed by atoms with Crippen molar-refractivity contribution in [2.24, 2.45) is 0 Å². The largest absolute Gasteiger partial charge is 0.434 e. The van der Waals surface area contributed by atoms with Crippen molar-refractivity contribution in [3.63, 3.8) is 0 Å². The van der Waals surface area contributed by atoms with E-state index in [9.17, 15) is 0 Å². The zero-order valence-corrected chi connectivity index (χ0v) is 22.1. The van der Waals surface area contributed by atoms with Gasteiger partial charge in [-0.2, -0.15) is 0 Å². The molecule has 2 unspecified atom stereocenters. The fraction of sp³-hybridized carbons (Fsp3) is 0.226. The molecule has 0 aliphatic rings. The first-order valence-electron chi connectivity index (χ1n) is 13.3. The molecule has 38 heavy (non-hydrogen) atoms. The minimum atomic E-state index is -0.119. The molecule has 0 aromatic heterocycles. The Labute approximate surface area is 228 Å². The molecular formula is C31H36B2N2O3. The number of ether oxygens (including phenoxy) is 1. The first-order chi connectivity index (χ1) is 18.8. The molecule has 4 aromatic rings. The van der Waals surface area contributed by atoms with E-state index in [0.29, 0.717) is 28.2 Å². The lowest BCUT2D eigenvalue weighted by Crippen LogP contribution is -2.30. The van der Waals surface area contributed by atoms with E-state index in [-0.39, 0.29) is 12.2 Å². The molecule has 0 amide bonds. The highest BCUT2D eigenvalue weighted by molar-refractivity contribution is 6.47. The second-order valence-corrected chi connectivity index (χ2v) is 9.12. The van der Waals surface area contributed by atoms with Crippen molar-refractivity contribution in [2.45, 2.75) is 25.6 Å². The number of anilines is 2. The molecule has 4 rings (SSSR count). The maximum absolute atomic E-state index is 6.36. The van der Waals surface area contributed by atoms with E-state index in [1.807, 2.05) is 73.7 Å². The number of hydrogen-bond acceptors (Lipinski definition) is 5. The summed E-state index contributed by atoms with van der Waals surface area (Å²) in [7, 11) is 1.05. The number of hydrogen-bond donors (Lipinski definition) is 2. The van der Waals surface area contributed by atoms with Crippen molar-refractivity contribution in [1.82, 2.24) is 0 Å². The molecule has 2 atom stereocenters. The van der Waals surface area contributed by atoms with Gasteiger partial charge in [0.1, 0.15) is 6.23 Å². The molecule has 0 fully saturated rings. The van der Waals surface area contributed by atoms with E-state index in [1.54, 1.807) is 0 Å². The fourth-order valence-electron chi connectivity index (χ4n) is 4.20. The summed E-state index contributed by atoms with van der Waals surface area (Å²) in [5.74, 6) is 0. The van der Waals surface area contributed by atoms with E-state index in [4.69, 9.17) is 14.0 Å². The van der Waals surface area contributed by atoms with Crippen LogP contribution < -0.4 is 16.1 Å². The highest BCUT2D eigenvalue weighted by Crippen LogP contribution is 2.17. The van der Waals surface area contributed by atoms with Gasteiger partial charge in [-0.05, 0) is 54.2 Å². The van der Waals surface area contributed by atoms with Crippen LogP contribution in [-0.2, 0) is 20.5 Å². The molecule has 0 heterocycles. The van der Waals surface area contributed by atoms with Gasteiger partial charge in [0, 0.05) is 24.5 Å². The Bertz CT molecular complexity index is 1180. The standard InChI is InChI=1S/C31H36B2N2O3/c1-25(35-29-18-9-4-10-19-29)38-32-30-20-12-11-13-26(30)21-23-36-31(27-14-5-2-6-15-27)33-37-24-22-34-28-16-7-3-8-17-28/h2-20,25,31-35H,21-24H2,1H3. The SMILES string of the molecule is CC(Nc1ccccc1)OBc1ccccc1CCOC(BOCCNc1ccccc1)c1ccccc1. The summed E-state index contributed by atoms with van der Waals surface area (Å²) in [5, 5.41) is 6.76. The molecule has 0 spiro atoms. The monoisotopic (exact) mass is 506 g/mol. The van der Waals surface area contributed by atoms with Gasteiger partial charge in [-0.25, -0.2) is 0 Å². The van der Waals surface area contributed by atoms with E-state index in [0.717, 1.165) is 29.9 Å². The number of rotatable bonds is 16. The Morgan fingerprint density at radius 2 is 1.34 bits per heavy atom. The van der Waals surface area contributed by atoms with Gasteiger partial charge in [-0.3, -0.25) is 0 Å². The summed E-state index contributed by atoms with van der Waals surface area (Å²) in [6, 6.07) is 38.9. The zero-order valence-electron chi connectivity index (χ0n) is 22.1. The lowest BCUT2D eigenvalue weighted by atomic mass is 9.82. The molecule has 0 saturated carbocycles. The Balaban J connectivity index is 1.25. The smallest absolute Gasteiger partial charge is 0.311 e. The summed E-state index contributed by atoms with van der Waals surface area (Å²) < 4.78 is 18.5. The maximum atomic E-state index is 6.36. The summed E-state index contributed by atoms with van der Waals surface area (Å²) in [4.78, 5) is 0. The predicted molar refractivity (Wildman–Crippen MR) is 161 cm³/mol. The quantitative estimate of drug-likeness (QED) is 0.129. The van der Waals surface area contributed by atoms with Crippen LogP contribution in [0.3, 0.4) is 0 Å². The van der Waals surface area contributed by atoms with Gasteiger partial charge in [-0.1, -0.05) is 91.0 Å². The molecular weight excluding hydrogens is 470 g/mol. The van der Waals surface area contributed by atoms with Crippen molar-refractivity contribution in [1.29, 1.82) is 0 Å². The van der Waals surface area contributed by atoms with Crippen LogP contribution in [0.1, 0.15) is 24.1 Å². The third-order valence-electron chi connectivity index (χ3n) is 6.23. The van der Waals surface area contributed by atoms with Gasteiger partial charge in [0.2, 0.25) is 0 Å². The molecule has 4 aromatic carbocycles. The number of benzene rings is 4. The van der Waals surface area contributed by atoms with Crippen molar-refractivity contribution in [3.8, 4) is 0 Å². The molecule has 194 valence electrons. The summed E-state index contributed by atoms with van der Waals surface area (Å²) in [6.45, 7) is 3.98. The summed E-state index contributed by atoms with van der Waals surface area (Å²) >= 11 is 0. The van der Waals surface area contributed by atoms with Crippen molar-refractivity contribution in [2.75, 3.05) is 30.4 Å². The second-order valence-electron chi connectivity index (χ2n) is 9.12. The van der Waals surface area contributed by atoms with Crippen LogP contribution in [0.4, 0.5) is 11.4 Å². The highest BCUT2D eigenvalue weighted by Gasteiger charge is 2.15. The number of nitrogens with one attached hydrogen (secondary N) is 2. The topological polar surface area (TPSA) is 51.8 Å². The molecule has 0 bridgehead atoms. The second kappa shape index (κ2) is 15.7. The summed E-state index contributed by atoms with van der Waals surface area (Å²) in [6.07, 6.45) is 0.705. The van der Waals surface area contributed by atoms with Crippen LogP contribution in [0.25, 0.3) is 0 Å². The van der Waals surface area contributed by atoms with E-state index in [2.05, 4.69) is 59.2 Å². The Hall–Kier alpha value is -3.51. The van der Waals surface area contributed by atoms with Crippen LogP contribution in [0.2, 0.25) is 0 Å². The lowest BCUT2D eigenvalue weighted by molar-refractivity contribution is 0.0956. The normalized spacial score (nSPS) is 12.3. The molecule has 0 aliphatic carbocycles. The third-order valence-corrected chi connectivity index (χ3v) is 6.23. The van der Waals surface area contributed by atoms with Crippen molar-refractivity contribution in [3.05, 3.63) is 126 Å². The first kappa shape index (κ1) is 27.5. The van der Waals surface area contributed by atoms with Crippen LogP contribution >= 0.6 is 0 Å². The van der Waals surface area contributed by atoms with Crippen LogP contribution in [0.15, 0.2) is 115 Å². The van der Waals surface area contributed by atoms with Gasteiger partial charge in [-0.15, -0.1) is 0 Å². The number of para-hydroxylation sites is 2. The Morgan fingerprint density at radius 3 is 2.08 bits per heavy atom. The van der Waals surface area contributed by atoms with Crippen LogP contribution in [-0.4, -0.2) is 41.0 Å². The highest BCUT2D eigenvalue weighted by atomic mass is 16.5. The van der Waals surface area contributed by atoms with Gasteiger partial charge < -0.3 is 24.7 Å². The molecule has 5 nitrogen and oxygen atoms in total. The fourth-order valence-corrected chi connectivity index (χ4v) is 4.20. The summed E-state index contributed by atoms with van der Waals surface area (Å²) in [5.41, 5.74) is 5.68. The third kappa shape index (κ3) is 9.42. The minimum Gasteiger partial charge on any atom is -0.434 e. The molecule has 0 saturated heterocycles. The van der Waals surface area contributed by atoms with Crippen molar-refractivity contribution < 1.29 is 14.0 Å². The molecule has 7 heteroatoms. The van der Waals surface area contributed by atoms with Gasteiger partial charge in [0.25, 0.3) is 0 Å². The van der Waals surface area contributed by atoms with Gasteiger partial charge in [0.05, 0.1) is 12.6 Å². The molecule has 2 N–H and O–H groups in total. The van der Waals surface area contributed by atoms with Crippen LogP contribution in [0.5, 0.6) is 0 Å². The zero-order chi connectivity index (χ0) is 26.3. The molecule has 0 radical (unpaired) electrons. The Kier molecular flexibility index (Phi) is 11.4. The van der Waals surface area contributed by atoms with E-state index in [1.165, 1.54) is 11.0 Å². The first-order valence-corrected chi connectivity index (χ1v) is 13.3. The van der Waals surface area contributed by atoms with Gasteiger partial charge in [0.15, 0.2) is 0 Å². The van der Waals surface area contributed by atoms with E-state index < -0.39 is 0 Å². The molecule has 0 aliphatic heterocycles. The maximum Gasteiger partial charge on any atom is 0.311 e. The average molecular weight is 506 g/mol. The van der Waals surface area contributed by atoms with Crippen LogP contribution in [0, 0.1) is 0 Å². The predicted octanol–water partition coefficient (Wildman–Crippen LogP) is 4.88. The Morgan fingerprint density at radius 1 is 0.711 bits per heavy atom. The average Bonchev–Trinajstić information content (AvgIpc) is 2.97. The van der Waals surface area contributed by atoms with Gasteiger partial charge >= 0.3 is 15.0 Å².